The molecule has 98 valence electrons. The van der Waals surface area contributed by atoms with Gasteiger partial charge in [0.25, 0.3) is 5.91 Å². The van der Waals surface area contributed by atoms with Crippen molar-refractivity contribution >= 4 is 17.3 Å². The molecule has 3 N–H and O–H groups in total. The molecule has 1 amide bonds. The predicted molar refractivity (Wildman–Crippen MR) is 74.6 cm³/mol. The molecule has 0 saturated carbocycles. The van der Waals surface area contributed by atoms with Crippen LogP contribution in [-0.2, 0) is 6.42 Å². The maximum atomic E-state index is 13.5. The Labute approximate surface area is 111 Å². The summed E-state index contributed by atoms with van der Waals surface area (Å²) < 4.78 is 13.5. The van der Waals surface area contributed by atoms with Gasteiger partial charge in [-0.3, -0.25) is 4.79 Å². The first-order chi connectivity index (χ1) is 9.10. The second-order valence-corrected chi connectivity index (χ2v) is 4.24. The van der Waals surface area contributed by atoms with E-state index in [1.165, 1.54) is 23.8 Å². The Bertz CT molecular complexity index is 594. The first-order valence-electron chi connectivity index (χ1n) is 6.05. The molecule has 4 heteroatoms. The van der Waals surface area contributed by atoms with Crippen LogP contribution in [0.3, 0.4) is 0 Å². The van der Waals surface area contributed by atoms with Gasteiger partial charge in [-0.15, -0.1) is 0 Å². The molecule has 0 spiro atoms. The van der Waals surface area contributed by atoms with E-state index in [2.05, 4.69) is 12.2 Å². The summed E-state index contributed by atoms with van der Waals surface area (Å²) in [5.74, 6) is -1.09. The summed E-state index contributed by atoms with van der Waals surface area (Å²) in [7, 11) is 0. The summed E-state index contributed by atoms with van der Waals surface area (Å²) in [6, 6.07) is 11.4. The van der Waals surface area contributed by atoms with Gasteiger partial charge in [-0.1, -0.05) is 19.1 Å². The van der Waals surface area contributed by atoms with Crippen LogP contribution in [0.15, 0.2) is 42.5 Å². The number of aryl methyl sites for hydroxylation is 1. The molecular weight excluding hydrogens is 243 g/mol. The molecule has 19 heavy (non-hydrogen) atoms. The summed E-state index contributed by atoms with van der Waals surface area (Å²) in [5.41, 5.74) is 7.65. The molecule has 2 aromatic rings. The zero-order chi connectivity index (χ0) is 13.8. The van der Waals surface area contributed by atoms with E-state index in [-0.39, 0.29) is 5.56 Å². The van der Waals surface area contributed by atoms with Crippen molar-refractivity contribution in [2.75, 3.05) is 11.1 Å². The van der Waals surface area contributed by atoms with Gasteiger partial charge in [0, 0.05) is 11.4 Å². The summed E-state index contributed by atoms with van der Waals surface area (Å²) >= 11 is 0. The number of anilines is 2. The Hall–Kier alpha value is -2.36. The van der Waals surface area contributed by atoms with Gasteiger partial charge in [0.05, 0.1) is 5.56 Å². The van der Waals surface area contributed by atoms with E-state index < -0.39 is 11.7 Å². The topological polar surface area (TPSA) is 55.1 Å². The van der Waals surface area contributed by atoms with Crippen LogP contribution in [0, 0.1) is 5.82 Å². The standard InChI is InChI=1S/C15H15FN2O/c1-2-10-3-6-12(7-4-10)18-15(19)13-9-11(17)5-8-14(13)16/h3-9H,2,17H2,1H3,(H,18,19). The van der Waals surface area contributed by atoms with Gasteiger partial charge >= 0.3 is 0 Å². The summed E-state index contributed by atoms with van der Waals surface area (Å²) in [4.78, 5) is 11.9. The first-order valence-corrected chi connectivity index (χ1v) is 6.05. The predicted octanol–water partition coefficient (Wildman–Crippen LogP) is 3.22. The Balaban J connectivity index is 2.18. The molecule has 2 rings (SSSR count). The quantitative estimate of drug-likeness (QED) is 0.830. The zero-order valence-corrected chi connectivity index (χ0v) is 10.6. The van der Waals surface area contributed by atoms with Crippen molar-refractivity contribution in [3.05, 3.63) is 59.4 Å². The minimum Gasteiger partial charge on any atom is -0.399 e. The molecule has 0 fully saturated rings. The molecule has 0 saturated heterocycles. The van der Waals surface area contributed by atoms with Crippen molar-refractivity contribution in [2.45, 2.75) is 13.3 Å². The van der Waals surface area contributed by atoms with Crippen molar-refractivity contribution in [1.82, 2.24) is 0 Å². The lowest BCUT2D eigenvalue weighted by atomic mass is 10.1. The lowest BCUT2D eigenvalue weighted by molar-refractivity contribution is 0.102. The number of hydrogen-bond donors (Lipinski definition) is 2. The second kappa shape index (κ2) is 5.52. The number of rotatable bonds is 3. The van der Waals surface area contributed by atoms with Gasteiger partial charge in [0.15, 0.2) is 0 Å². The number of carbonyl (C=O) groups excluding carboxylic acids is 1. The lowest BCUT2D eigenvalue weighted by Crippen LogP contribution is -2.14. The number of benzene rings is 2. The smallest absolute Gasteiger partial charge is 0.258 e. The molecule has 0 bridgehead atoms. The molecule has 0 radical (unpaired) electrons. The van der Waals surface area contributed by atoms with E-state index in [4.69, 9.17) is 5.73 Å². The molecule has 0 aromatic heterocycles. The summed E-state index contributed by atoms with van der Waals surface area (Å²) in [6.45, 7) is 2.05. The zero-order valence-electron chi connectivity index (χ0n) is 10.6. The number of nitrogens with one attached hydrogen (secondary N) is 1. The third-order valence-electron chi connectivity index (χ3n) is 2.86. The van der Waals surface area contributed by atoms with Crippen molar-refractivity contribution in [2.24, 2.45) is 0 Å². The number of nitrogen functional groups attached to an aromatic ring is 1. The minimum absolute atomic E-state index is 0.0560. The van der Waals surface area contributed by atoms with Crippen LogP contribution >= 0.6 is 0 Å². The molecule has 0 heterocycles. The summed E-state index contributed by atoms with van der Waals surface area (Å²) in [5, 5.41) is 2.64. The second-order valence-electron chi connectivity index (χ2n) is 4.24. The third kappa shape index (κ3) is 3.10. The van der Waals surface area contributed by atoms with E-state index in [1.807, 2.05) is 12.1 Å². The van der Waals surface area contributed by atoms with Crippen molar-refractivity contribution in [1.29, 1.82) is 0 Å². The Kier molecular flexibility index (Phi) is 3.80. The van der Waals surface area contributed by atoms with Crippen LogP contribution in [-0.4, -0.2) is 5.91 Å². The van der Waals surface area contributed by atoms with Crippen LogP contribution in [0.1, 0.15) is 22.8 Å². The van der Waals surface area contributed by atoms with Gasteiger partial charge < -0.3 is 11.1 Å². The maximum Gasteiger partial charge on any atom is 0.258 e. The van der Waals surface area contributed by atoms with Crippen molar-refractivity contribution < 1.29 is 9.18 Å². The fourth-order valence-corrected chi connectivity index (χ4v) is 1.74. The highest BCUT2D eigenvalue weighted by atomic mass is 19.1. The molecule has 0 aliphatic rings. The van der Waals surface area contributed by atoms with Crippen LogP contribution < -0.4 is 11.1 Å². The van der Waals surface area contributed by atoms with E-state index in [1.54, 1.807) is 12.1 Å². The van der Waals surface area contributed by atoms with Crippen molar-refractivity contribution in [3.8, 4) is 0 Å². The maximum absolute atomic E-state index is 13.5. The normalized spacial score (nSPS) is 10.2. The highest BCUT2D eigenvalue weighted by molar-refractivity contribution is 6.04. The molecular formula is C15H15FN2O. The molecule has 0 atom stereocenters. The lowest BCUT2D eigenvalue weighted by Gasteiger charge is -2.07. The molecule has 3 nitrogen and oxygen atoms in total. The molecule has 2 aromatic carbocycles. The van der Waals surface area contributed by atoms with Crippen molar-refractivity contribution in [3.63, 3.8) is 0 Å². The van der Waals surface area contributed by atoms with Crippen LogP contribution in [0.2, 0.25) is 0 Å². The highest BCUT2D eigenvalue weighted by Gasteiger charge is 2.12. The van der Waals surface area contributed by atoms with Crippen LogP contribution in [0.4, 0.5) is 15.8 Å². The fourth-order valence-electron chi connectivity index (χ4n) is 1.74. The fraction of sp³-hybridized carbons (Fsp3) is 0.133. The highest BCUT2D eigenvalue weighted by Crippen LogP contribution is 2.15. The number of nitrogens with two attached hydrogens (primary N) is 1. The van der Waals surface area contributed by atoms with Crippen LogP contribution in [0.25, 0.3) is 0 Å². The SMILES string of the molecule is CCc1ccc(NC(=O)c2cc(N)ccc2F)cc1. The third-order valence-corrected chi connectivity index (χ3v) is 2.86. The monoisotopic (exact) mass is 258 g/mol. The van der Waals surface area contributed by atoms with Gasteiger partial charge in [-0.05, 0) is 42.3 Å². The minimum atomic E-state index is -0.586. The molecule has 0 aliphatic carbocycles. The largest absolute Gasteiger partial charge is 0.399 e. The summed E-state index contributed by atoms with van der Waals surface area (Å²) in [6.07, 6.45) is 0.929. The van der Waals surface area contributed by atoms with E-state index >= 15 is 0 Å². The van der Waals surface area contributed by atoms with Crippen LogP contribution in [0.5, 0.6) is 0 Å². The molecule has 0 aliphatic heterocycles. The van der Waals surface area contributed by atoms with E-state index in [0.717, 1.165) is 6.42 Å². The Morgan fingerprint density at radius 3 is 2.53 bits per heavy atom. The van der Waals surface area contributed by atoms with E-state index in [9.17, 15) is 9.18 Å². The number of halogens is 1. The van der Waals surface area contributed by atoms with E-state index in [0.29, 0.717) is 11.4 Å². The Morgan fingerprint density at radius 1 is 1.21 bits per heavy atom. The molecule has 0 unspecified atom stereocenters. The average Bonchev–Trinajstić information content (AvgIpc) is 2.42. The number of amides is 1. The van der Waals surface area contributed by atoms with Gasteiger partial charge in [0.1, 0.15) is 5.82 Å². The van der Waals surface area contributed by atoms with Gasteiger partial charge in [-0.25, -0.2) is 4.39 Å². The first kappa shape index (κ1) is 13.1. The van der Waals surface area contributed by atoms with Gasteiger partial charge in [0.2, 0.25) is 0 Å². The van der Waals surface area contributed by atoms with Gasteiger partial charge in [-0.2, -0.15) is 0 Å². The number of carbonyl (C=O) groups is 1. The number of hydrogen-bond acceptors (Lipinski definition) is 2. The average molecular weight is 258 g/mol. The Morgan fingerprint density at radius 2 is 1.89 bits per heavy atom.